The summed E-state index contributed by atoms with van der Waals surface area (Å²) in [6.45, 7) is 2.04. The molecular formula is C14H17F3N2O2. The third-order valence-electron chi connectivity index (χ3n) is 2.68. The van der Waals surface area contributed by atoms with Gasteiger partial charge in [0.25, 0.3) is 0 Å². The Morgan fingerprint density at radius 1 is 1.24 bits per heavy atom. The van der Waals surface area contributed by atoms with E-state index >= 15 is 0 Å². The number of ether oxygens (including phenoxy) is 2. The molecule has 1 rings (SSSR count). The molecule has 0 heterocycles. The summed E-state index contributed by atoms with van der Waals surface area (Å²) in [5.74, 6) is 0. The highest BCUT2D eigenvalue weighted by atomic mass is 19.4. The number of nitrogens with one attached hydrogen (secondary N) is 1. The summed E-state index contributed by atoms with van der Waals surface area (Å²) < 4.78 is 47.7. The first-order valence-electron chi connectivity index (χ1n) is 6.41. The number of hydrogen-bond acceptors (Lipinski definition) is 4. The van der Waals surface area contributed by atoms with Crippen LogP contribution in [0.3, 0.4) is 0 Å². The summed E-state index contributed by atoms with van der Waals surface area (Å²) in [7, 11) is 1.58. The molecule has 7 heteroatoms. The van der Waals surface area contributed by atoms with Gasteiger partial charge in [0.15, 0.2) is 0 Å². The van der Waals surface area contributed by atoms with Gasteiger partial charge in [-0.1, -0.05) is 0 Å². The number of benzene rings is 1. The fourth-order valence-corrected chi connectivity index (χ4v) is 1.61. The molecule has 0 aliphatic rings. The standard InChI is InChI=1S/C14H17F3N2O2/c1-20-7-8-21-6-2-5-19-13-4-3-12(14(15,16)17)9-11(13)10-18/h3-4,9,19H,2,5-8H2,1H3. The lowest BCUT2D eigenvalue weighted by Gasteiger charge is -2.11. The molecule has 0 spiro atoms. The average Bonchev–Trinajstić information content (AvgIpc) is 2.45. The molecule has 0 atom stereocenters. The van der Waals surface area contributed by atoms with Crippen molar-refractivity contribution in [3.05, 3.63) is 29.3 Å². The fourth-order valence-electron chi connectivity index (χ4n) is 1.61. The van der Waals surface area contributed by atoms with Crippen molar-refractivity contribution < 1.29 is 22.6 Å². The maximum absolute atomic E-state index is 12.5. The van der Waals surface area contributed by atoms with Gasteiger partial charge in [-0.05, 0) is 24.6 Å². The van der Waals surface area contributed by atoms with Crippen LogP contribution in [-0.2, 0) is 15.7 Å². The summed E-state index contributed by atoms with van der Waals surface area (Å²) in [4.78, 5) is 0. The van der Waals surface area contributed by atoms with Crippen LogP contribution in [0.5, 0.6) is 0 Å². The third-order valence-corrected chi connectivity index (χ3v) is 2.68. The molecule has 1 aromatic carbocycles. The Hall–Kier alpha value is -1.78. The van der Waals surface area contributed by atoms with E-state index in [0.29, 0.717) is 38.5 Å². The zero-order chi connectivity index (χ0) is 15.7. The van der Waals surface area contributed by atoms with E-state index in [0.717, 1.165) is 12.1 Å². The molecule has 0 unspecified atom stereocenters. The minimum absolute atomic E-state index is 0.0230. The molecule has 4 nitrogen and oxygen atoms in total. The maximum atomic E-state index is 12.5. The van der Waals surface area contributed by atoms with Gasteiger partial charge in [-0.25, -0.2) is 0 Å². The Morgan fingerprint density at radius 3 is 2.62 bits per heavy atom. The van der Waals surface area contributed by atoms with Crippen LogP contribution in [0.4, 0.5) is 18.9 Å². The topological polar surface area (TPSA) is 54.3 Å². The summed E-state index contributed by atoms with van der Waals surface area (Å²) >= 11 is 0. The summed E-state index contributed by atoms with van der Waals surface area (Å²) in [5.41, 5.74) is -0.458. The summed E-state index contributed by atoms with van der Waals surface area (Å²) in [5, 5.41) is 11.8. The van der Waals surface area contributed by atoms with E-state index in [1.54, 1.807) is 13.2 Å². The molecule has 0 radical (unpaired) electrons. The smallest absolute Gasteiger partial charge is 0.384 e. The lowest BCUT2D eigenvalue weighted by molar-refractivity contribution is -0.137. The van der Waals surface area contributed by atoms with Crippen molar-refractivity contribution in [3.8, 4) is 6.07 Å². The van der Waals surface area contributed by atoms with Gasteiger partial charge in [-0.3, -0.25) is 0 Å². The van der Waals surface area contributed by atoms with E-state index in [-0.39, 0.29) is 5.56 Å². The molecule has 1 N–H and O–H groups in total. The van der Waals surface area contributed by atoms with Gasteiger partial charge in [0.1, 0.15) is 6.07 Å². The van der Waals surface area contributed by atoms with Crippen LogP contribution in [-0.4, -0.2) is 33.5 Å². The monoisotopic (exact) mass is 302 g/mol. The second-order valence-corrected chi connectivity index (χ2v) is 4.26. The molecule has 0 aromatic heterocycles. The average molecular weight is 302 g/mol. The molecule has 21 heavy (non-hydrogen) atoms. The van der Waals surface area contributed by atoms with Gasteiger partial charge in [0.2, 0.25) is 0 Å². The highest BCUT2D eigenvalue weighted by molar-refractivity contribution is 5.58. The van der Waals surface area contributed by atoms with Crippen molar-refractivity contribution >= 4 is 5.69 Å². The molecule has 0 bridgehead atoms. The first-order valence-corrected chi connectivity index (χ1v) is 6.41. The van der Waals surface area contributed by atoms with Crippen LogP contribution in [0.1, 0.15) is 17.5 Å². The quantitative estimate of drug-likeness (QED) is 0.750. The lowest BCUT2D eigenvalue weighted by Crippen LogP contribution is -2.10. The number of methoxy groups -OCH3 is 1. The van der Waals surface area contributed by atoms with E-state index in [1.807, 2.05) is 0 Å². The Morgan fingerprint density at radius 2 is 2.00 bits per heavy atom. The predicted octanol–water partition coefficient (Wildman–Crippen LogP) is 3.04. The Balaban J connectivity index is 2.47. The van der Waals surface area contributed by atoms with Crippen LogP contribution >= 0.6 is 0 Å². The Kier molecular flexibility index (Phi) is 6.99. The number of halogens is 3. The fraction of sp³-hybridized carbons (Fsp3) is 0.500. The first-order chi connectivity index (χ1) is 9.99. The van der Waals surface area contributed by atoms with Crippen molar-refractivity contribution in [2.24, 2.45) is 0 Å². The van der Waals surface area contributed by atoms with Crippen molar-refractivity contribution in [1.82, 2.24) is 0 Å². The van der Waals surface area contributed by atoms with Crippen LogP contribution in [0.2, 0.25) is 0 Å². The number of anilines is 1. The molecule has 0 saturated carbocycles. The summed E-state index contributed by atoms with van der Waals surface area (Å²) in [6, 6.07) is 4.84. The van der Waals surface area contributed by atoms with Gasteiger partial charge in [0.05, 0.1) is 30.0 Å². The molecule has 0 aliphatic carbocycles. The van der Waals surface area contributed by atoms with E-state index in [4.69, 9.17) is 14.7 Å². The van der Waals surface area contributed by atoms with Crippen molar-refractivity contribution in [2.45, 2.75) is 12.6 Å². The molecule has 116 valence electrons. The second kappa shape index (κ2) is 8.49. The van der Waals surface area contributed by atoms with E-state index in [9.17, 15) is 13.2 Å². The minimum atomic E-state index is -4.45. The zero-order valence-corrected chi connectivity index (χ0v) is 11.7. The molecule has 1 aromatic rings. The number of alkyl halides is 3. The van der Waals surface area contributed by atoms with Gasteiger partial charge >= 0.3 is 6.18 Å². The van der Waals surface area contributed by atoms with Crippen molar-refractivity contribution in [3.63, 3.8) is 0 Å². The minimum Gasteiger partial charge on any atom is -0.384 e. The predicted molar refractivity (Wildman–Crippen MR) is 72.0 cm³/mol. The maximum Gasteiger partial charge on any atom is 0.416 e. The van der Waals surface area contributed by atoms with Crippen LogP contribution in [0.15, 0.2) is 18.2 Å². The normalized spacial score (nSPS) is 11.2. The SMILES string of the molecule is COCCOCCCNc1ccc(C(F)(F)F)cc1C#N. The first kappa shape index (κ1) is 17.3. The number of nitrogens with zero attached hydrogens (tertiary/aromatic N) is 1. The van der Waals surface area contributed by atoms with Crippen LogP contribution in [0.25, 0.3) is 0 Å². The van der Waals surface area contributed by atoms with Crippen LogP contribution < -0.4 is 5.32 Å². The molecule has 0 saturated heterocycles. The van der Waals surface area contributed by atoms with Gasteiger partial charge < -0.3 is 14.8 Å². The lowest BCUT2D eigenvalue weighted by atomic mass is 10.1. The zero-order valence-electron chi connectivity index (χ0n) is 11.7. The number of rotatable bonds is 8. The number of hydrogen-bond donors (Lipinski definition) is 1. The van der Waals surface area contributed by atoms with Gasteiger partial charge in [-0.15, -0.1) is 0 Å². The highest BCUT2D eigenvalue weighted by Crippen LogP contribution is 2.31. The molecule has 0 aliphatic heterocycles. The van der Waals surface area contributed by atoms with Crippen molar-refractivity contribution in [2.75, 3.05) is 38.8 Å². The van der Waals surface area contributed by atoms with E-state index in [2.05, 4.69) is 5.32 Å². The largest absolute Gasteiger partial charge is 0.416 e. The van der Waals surface area contributed by atoms with Gasteiger partial charge in [0, 0.05) is 20.3 Å². The molecule has 0 amide bonds. The second-order valence-electron chi connectivity index (χ2n) is 4.26. The third kappa shape index (κ3) is 6.02. The van der Waals surface area contributed by atoms with E-state index < -0.39 is 11.7 Å². The van der Waals surface area contributed by atoms with Crippen LogP contribution in [0, 0.1) is 11.3 Å². The molecule has 0 fully saturated rings. The number of nitriles is 1. The highest BCUT2D eigenvalue weighted by Gasteiger charge is 2.30. The molecular weight excluding hydrogens is 285 g/mol. The van der Waals surface area contributed by atoms with E-state index in [1.165, 1.54) is 6.07 Å². The van der Waals surface area contributed by atoms with Crippen molar-refractivity contribution in [1.29, 1.82) is 5.26 Å². The Bertz CT molecular complexity index is 484. The summed E-state index contributed by atoms with van der Waals surface area (Å²) in [6.07, 6.45) is -3.77. The van der Waals surface area contributed by atoms with Gasteiger partial charge in [-0.2, -0.15) is 18.4 Å². The Labute approximate surface area is 121 Å².